The summed E-state index contributed by atoms with van der Waals surface area (Å²) < 4.78 is 17.9. The Morgan fingerprint density at radius 1 is 1.53 bits per heavy atom. The van der Waals surface area contributed by atoms with Crippen molar-refractivity contribution < 1.29 is 14.2 Å². The minimum Gasteiger partial charge on any atom is -0.394 e. The zero-order valence-electron chi connectivity index (χ0n) is 9.96. The minimum atomic E-state index is -0.705. The molecule has 0 aliphatic rings. The Balaban J connectivity index is 2.90. The summed E-state index contributed by atoms with van der Waals surface area (Å²) in [5.74, 6) is -0.393. The number of nitrogens with one attached hydrogen (secondary N) is 1. The first-order valence-corrected chi connectivity index (χ1v) is 5.71. The summed E-state index contributed by atoms with van der Waals surface area (Å²) in [5.41, 5.74) is -0.0391. The van der Waals surface area contributed by atoms with Gasteiger partial charge in [-0.25, -0.2) is 4.39 Å². The van der Waals surface area contributed by atoms with Crippen LogP contribution in [0.3, 0.4) is 0 Å². The van der Waals surface area contributed by atoms with Gasteiger partial charge in [-0.05, 0) is 24.6 Å². The maximum Gasteiger partial charge on any atom is 0.124 e. The van der Waals surface area contributed by atoms with Gasteiger partial charge in [0, 0.05) is 18.7 Å². The van der Waals surface area contributed by atoms with Crippen LogP contribution in [0.25, 0.3) is 0 Å². The number of aliphatic hydroxyl groups is 1. The normalized spacial score (nSPS) is 14.6. The lowest BCUT2D eigenvalue weighted by Gasteiger charge is -2.30. The molecule has 1 rings (SSSR count). The molecule has 1 atom stereocenters. The molecule has 0 spiro atoms. The van der Waals surface area contributed by atoms with Gasteiger partial charge in [0.05, 0.1) is 18.8 Å². The van der Waals surface area contributed by atoms with Crippen LogP contribution in [0.5, 0.6) is 0 Å². The van der Waals surface area contributed by atoms with Crippen LogP contribution in [0.2, 0.25) is 5.02 Å². The van der Waals surface area contributed by atoms with E-state index in [1.54, 1.807) is 13.2 Å². The predicted molar refractivity (Wildman–Crippen MR) is 65.7 cm³/mol. The quantitative estimate of drug-likeness (QED) is 0.769. The molecule has 0 aromatic heterocycles. The van der Waals surface area contributed by atoms with Crippen LogP contribution in [0.15, 0.2) is 18.2 Å². The molecule has 0 fully saturated rings. The van der Waals surface area contributed by atoms with Crippen molar-refractivity contribution in [3.63, 3.8) is 0 Å². The highest BCUT2D eigenvalue weighted by Crippen LogP contribution is 2.28. The van der Waals surface area contributed by atoms with Gasteiger partial charge in [-0.2, -0.15) is 0 Å². The number of rotatable bonds is 6. The van der Waals surface area contributed by atoms with Crippen molar-refractivity contribution in [2.75, 3.05) is 26.9 Å². The molecule has 3 nitrogen and oxygen atoms in total. The average molecular weight is 262 g/mol. The van der Waals surface area contributed by atoms with Gasteiger partial charge >= 0.3 is 0 Å². The van der Waals surface area contributed by atoms with Gasteiger partial charge in [0.15, 0.2) is 0 Å². The summed E-state index contributed by atoms with van der Waals surface area (Å²) >= 11 is 5.98. The van der Waals surface area contributed by atoms with Crippen molar-refractivity contribution in [2.45, 2.75) is 12.5 Å². The van der Waals surface area contributed by atoms with Crippen LogP contribution in [0, 0.1) is 5.82 Å². The third-order valence-electron chi connectivity index (χ3n) is 2.66. The summed E-state index contributed by atoms with van der Waals surface area (Å²) in [7, 11) is 1.60. The zero-order valence-corrected chi connectivity index (χ0v) is 10.7. The summed E-state index contributed by atoms with van der Waals surface area (Å²) in [6.45, 7) is 2.76. The second kappa shape index (κ2) is 6.31. The fourth-order valence-electron chi connectivity index (χ4n) is 1.60. The SMILES string of the molecule is COCCNC(C)(CO)c1ccc(F)cc1Cl. The van der Waals surface area contributed by atoms with Gasteiger partial charge < -0.3 is 15.2 Å². The third kappa shape index (κ3) is 3.64. The number of methoxy groups -OCH3 is 1. The fraction of sp³-hybridized carbons (Fsp3) is 0.500. The van der Waals surface area contributed by atoms with Crippen LogP contribution in [0.4, 0.5) is 4.39 Å². The van der Waals surface area contributed by atoms with E-state index in [-0.39, 0.29) is 6.61 Å². The van der Waals surface area contributed by atoms with Crippen molar-refractivity contribution in [3.8, 4) is 0 Å². The molecule has 1 aromatic rings. The van der Waals surface area contributed by atoms with E-state index in [1.807, 2.05) is 6.92 Å². The molecule has 0 saturated carbocycles. The van der Waals surface area contributed by atoms with Gasteiger partial charge in [-0.3, -0.25) is 0 Å². The van der Waals surface area contributed by atoms with Gasteiger partial charge in [-0.1, -0.05) is 17.7 Å². The minimum absolute atomic E-state index is 0.137. The lowest BCUT2D eigenvalue weighted by atomic mass is 9.92. The van der Waals surface area contributed by atoms with Crippen molar-refractivity contribution in [1.29, 1.82) is 0 Å². The molecule has 1 unspecified atom stereocenters. The number of ether oxygens (including phenoxy) is 1. The summed E-state index contributed by atoms with van der Waals surface area (Å²) in [6.07, 6.45) is 0. The Morgan fingerprint density at radius 3 is 2.76 bits per heavy atom. The summed E-state index contributed by atoms with van der Waals surface area (Å²) in [6, 6.07) is 4.14. The molecular weight excluding hydrogens is 245 g/mol. The number of hydrogen-bond donors (Lipinski definition) is 2. The van der Waals surface area contributed by atoms with E-state index < -0.39 is 11.4 Å². The molecule has 17 heavy (non-hydrogen) atoms. The van der Waals surface area contributed by atoms with E-state index in [1.165, 1.54) is 12.1 Å². The van der Waals surface area contributed by atoms with E-state index in [0.29, 0.717) is 23.7 Å². The van der Waals surface area contributed by atoms with E-state index in [4.69, 9.17) is 16.3 Å². The first kappa shape index (κ1) is 14.4. The zero-order chi connectivity index (χ0) is 12.9. The van der Waals surface area contributed by atoms with Gasteiger partial charge in [0.1, 0.15) is 5.82 Å². The first-order valence-electron chi connectivity index (χ1n) is 5.34. The van der Waals surface area contributed by atoms with E-state index >= 15 is 0 Å². The van der Waals surface area contributed by atoms with Crippen LogP contribution in [-0.2, 0) is 10.3 Å². The molecule has 0 heterocycles. The van der Waals surface area contributed by atoms with Crippen molar-refractivity contribution >= 4 is 11.6 Å². The lowest BCUT2D eigenvalue weighted by Crippen LogP contribution is -2.44. The maximum atomic E-state index is 13.0. The van der Waals surface area contributed by atoms with Gasteiger partial charge in [0.25, 0.3) is 0 Å². The van der Waals surface area contributed by atoms with Crippen LogP contribution < -0.4 is 5.32 Å². The highest BCUT2D eigenvalue weighted by molar-refractivity contribution is 6.31. The van der Waals surface area contributed by atoms with Crippen LogP contribution in [0.1, 0.15) is 12.5 Å². The Morgan fingerprint density at radius 2 is 2.24 bits per heavy atom. The van der Waals surface area contributed by atoms with Gasteiger partial charge in [-0.15, -0.1) is 0 Å². The topological polar surface area (TPSA) is 41.5 Å². The van der Waals surface area contributed by atoms with Gasteiger partial charge in [0.2, 0.25) is 0 Å². The van der Waals surface area contributed by atoms with Crippen molar-refractivity contribution in [3.05, 3.63) is 34.6 Å². The Bertz CT molecular complexity index is 376. The van der Waals surface area contributed by atoms with E-state index in [0.717, 1.165) is 0 Å². The molecular formula is C12H17ClFNO2. The lowest BCUT2D eigenvalue weighted by molar-refractivity contribution is 0.148. The Hall–Kier alpha value is -0.680. The second-order valence-electron chi connectivity index (χ2n) is 4.03. The Kier molecular flexibility index (Phi) is 5.33. The highest BCUT2D eigenvalue weighted by Gasteiger charge is 2.27. The number of halogens is 2. The number of benzene rings is 1. The number of aliphatic hydroxyl groups excluding tert-OH is 1. The maximum absolute atomic E-state index is 13.0. The molecule has 0 aliphatic carbocycles. The van der Waals surface area contributed by atoms with Crippen LogP contribution >= 0.6 is 11.6 Å². The third-order valence-corrected chi connectivity index (χ3v) is 2.98. The molecule has 2 N–H and O–H groups in total. The molecule has 96 valence electrons. The summed E-state index contributed by atoms with van der Waals surface area (Å²) in [4.78, 5) is 0. The summed E-state index contributed by atoms with van der Waals surface area (Å²) in [5, 5.41) is 12.9. The standard InChI is InChI=1S/C12H17ClFNO2/c1-12(8-16,15-5-6-17-2)10-4-3-9(14)7-11(10)13/h3-4,7,15-16H,5-6,8H2,1-2H3. The first-order chi connectivity index (χ1) is 8.03. The predicted octanol–water partition coefficient (Wildman–Crippen LogP) is 1.92. The Labute approximate surface area is 106 Å². The average Bonchev–Trinajstić information content (AvgIpc) is 2.29. The van der Waals surface area contributed by atoms with E-state index in [9.17, 15) is 9.50 Å². The molecule has 5 heteroatoms. The molecule has 1 aromatic carbocycles. The fourth-order valence-corrected chi connectivity index (χ4v) is 1.98. The molecule has 0 aliphatic heterocycles. The second-order valence-corrected chi connectivity index (χ2v) is 4.44. The molecule has 0 bridgehead atoms. The molecule has 0 radical (unpaired) electrons. The van der Waals surface area contributed by atoms with E-state index in [2.05, 4.69) is 5.32 Å². The smallest absolute Gasteiger partial charge is 0.124 e. The monoisotopic (exact) mass is 261 g/mol. The van der Waals surface area contributed by atoms with Crippen molar-refractivity contribution in [1.82, 2.24) is 5.32 Å². The largest absolute Gasteiger partial charge is 0.394 e. The molecule has 0 saturated heterocycles. The van der Waals surface area contributed by atoms with Crippen LogP contribution in [-0.4, -0.2) is 32.0 Å². The molecule has 0 amide bonds. The van der Waals surface area contributed by atoms with Crippen molar-refractivity contribution in [2.24, 2.45) is 0 Å². The number of hydrogen-bond acceptors (Lipinski definition) is 3. The highest BCUT2D eigenvalue weighted by atomic mass is 35.5.